The summed E-state index contributed by atoms with van der Waals surface area (Å²) in [4.78, 5) is 20.2. The van der Waals surface area contributed by atoms with Gasteiger partial charge in [-0.15, -0.1) is 0 Å². The highest BCUT2D eigenvalue weighted by atomic mass is 32.2. The SMILES string of the molecule is COc1ccc(-c2nc3c(c(=O)[nH]2)CN(S(=O)(=O)c2ccc(OC)cc2)CC3)cc1. The van der Waals surface area contributed by atoms with Crippen LogP contribution in [0.25, 0.3) is 11.4 Å². The van der Waals surface area contributed by atoms with Crippen molar-refractivity contribution in [3.63, 3.8) is 0 Å². The summed E-state index contributed by atoms with van der Waals surface area (Å²) >= 11 is 0. The summed E-state index contributed by atoms with van der Waals surface area (Å²) in [7, 11) is -0.632. The van der Waals surface area contributed by atoms with Crippen molar-refractivity contribution in [2.75, 3.05) is 20.8 Å². The van der Waals surface area contributed by atoms with Crippen LogP contribution < -0.4 is 15.0 Å². The van der Waals surface area contributed by atoms with Gasteiger partial charge in [-0.05, 0) is 48.5 Å². The molecule has 156 valence electrons. The predicted molar refractivity (Wildman–Crippen MR) is 111 cm³/mol. The lowest BCUT2D eigenvalue weighted by atomic mass is 10.1. The molecule has 0 fully saturated rings. The van der Waals surface area contributed by atoms with Gasteiger partial charge in [-0.2, -0.15) is 4.31 Å². The topological polar surface area (TPSA) is 102 Å². The lowest BCUT2D eigenvalue weighted by molar-refractivity contribution is 0.385. The second-order valence-electron chi connectivity index (χ2n) is 6.83. The van der Waals surface area contributed by atoms with Crippen LogP contribution in [0.5, 0.6) is 11.5 Å². The van der Waals surface area contributed by atoms with E-state index >= 15 is 0 Å². The highest BCUT2D eigenvalue weighted by Gasteiger charge is 2.30. The second kappa shape index (κ2) is 7.92. The first-order chi connectivity index (χ1) is 14.4. The zero-order chi connectivity index (χ0) is 21.3. The number of aromatic amines is 1. The molecule has 8 nitrogen and oxygen atoms in total. The quantitative estimate of drug-likeness (QED) is 0.670. The van der Waals surface area contributed by atoms with Gasteiger partial charge in [0.15, 0.2) is 0 Å². The molecule has 1 N–H and O–H groups in total. The van der Waals surface area contributed by atoms with Gasteiger partial charge < -0.3 is 14.5 Å². The van der Waals surface area contributed by atoms with Gasteiger partial charge >= 0.3 is 0 Å². The van der Waals surface area contributed by atoms with Crippen LogP contribution in [0.1, 0.15) is 11.3 Å². The number of H-pyrrole nitrogens is 1. The third-order valence-corrected chi connectivity index (χ3v) is 6.95. The van der Waals surface area contributed by atoms with Crippen LogP contribution in [0.3, 0.4) is 0 Å². The van der Waals surface area contributed by atoms with E-state index in [1.165, 1.54) is 23.5 Å². The molecule has 0 bridgehead atoms. The van der Waals surface area contributed by atoms with Crippen molar-refractivity contribution < 1.29 is 17.9 Å². The molecule has 2 aromatic carbocycles. The Balaban J connectivity index is 1.63. The average Bonchev–Trinajstić information content (AvgIpc) is 2.79. The molecule has 0 atom stereocenters. The standard InChI is InChI=1S/C21H21N3O5S/c1-28-15-5-3-14(4-6-15)20-22-19-11-12-24(13-18(19)21(25)23-20)30(26,27)17-9-7-16(29-2)8-10-17/h3-10H,11-13H2,1-2H3,(H,22,23,25). The maximum absolute atomic E-state index is 13.0. The Kier molecular flexibility index (Phi) is 5.31. The van der Waals surface area contributed by atoms with Crippen molar-refractivity contribution in [1.82, 2.24) is 14.3 Å². The number of rotatable bonds is 5. The molecule has 1 aliphatic rings. The van der Waals surface area contributed by atoms with Crippen LogP contribution in [0.4, 0.5) is 0 Å². The van der Waals surface area contributed by atoms with Crippen molar-refractivity contribution in [3.8, 4) is 22.9 Å². The lowest BCUT2D eigenvalue weighted by Gasteiger charge is -2.27. The zero-order valence-electron chi connectivity index (χ0n) is 16.6. The van der Waals surface area contributed by atoms with Crippen molar-refractivity contribution in [1.29, 1.82) is 0 Å². The minimum absolute atomic E-state index is 0.0189. The van der Waals surface area contributed by atoms with E-state index in [-0.39, 0.29) is 23.5 Å². The fourth-order valence-electron chi connectivity index (χ4n) is 3.39. The molecule has 2 heterocycles. The van der Waals surface area contributed by atoms with E-state index in [9.17, 15) is 13.2 Å². The first-order valence-electron chi connectivity index (χ1n) is 9.33. The number of aromatic nitrogens is 2. The number of nitrogens with zero attached hydrogens (tertiary/aromatic N) is 2. The van der Waals surface area contributed by atoms with Crippen LogP contribution in [-0.4, -0.2) is 43.5 Å². The number of fused-ring (bicyclic) bond motifs is 1. The number of benzene rings is 2. The predicted octanol–water partition coefficient (Wildman–Crippen LogP) is 2.20. The number of hydrogen-bond donors (Lipinski definition) is 1. The lowest BCUT2D eigenvalue weighted by Crippen LogP contribution is -2.39. The van der Waals surface area contributed by atoms with Crippen LogP contribution in [0.2, 0.25) is 0 Å². The Hall–Kier alpha value is -3.17. The molecule has 1 aromatic heterocycles. The highest BCUT2D eigenvalue weighted by molar-refractivity contribution is 7.89. The Morgan fingerprint density at radius 3 is 2.17 bits per heavy atom. The minimum Gasteiger partial charge on any atom is -0.497 e. The maximum Gasteiger partial charge on any atom is 0.255 e. The molecule has 0 radical (unpaired) electrons. The Bertz CT molecular complexity index is 1220. The first-order valence-corrected chi connectivity index (χ1v) is 10.8. The maximum atomic E-state index is 13.0. The van der Waals surface area contributed by atoms with Gasteiger partial charge in [-0.3, -0.25) is 4.79 Å². The van der Waals surface area contributed by atoms with Crippen LogP contribution >= 0.6 is 0 Å². The highest BCUT2D eigenvalue weighted by Crippen LogP contribution is 2.25. The molecule has 3 aromatic rings. The molecule has 0 aliphatic carbocycles. The summed E-state index contributed by atoms with van der Waals surface area (Å²) in [6.07, 6.45) is 0.359. The summed E-state index contributed by atoms with van der Waals surface area (Å²) < 4.78 is 37.5. The van der Waals surface area contributed by atoms with E-state index in [0.29, 0.717) is 35.0 Å². The first kappa shape index (κ1) is 20.1. The molecule has 0 saturated carbocycles. The van der Waals surface area contributed by atoms with Crippen molar-refractivity contribution in [3.05, 3.63) is 70.1 Å². The van der Waals surface area contributed by atoms with Gasteiger partial charge in [0.25, 0.3) is 5.56 Å². The van der Waals surface area contributed by atoms with Gasteiger partial charge in [0.2, 0.25) is 10.0 Å². The molecule has 4 rings (SSSR count). The van der Waals surface area contributed by atoms with Crippen LogP contribution in [0.15, 0.2) is 58.2 Å². The smallest absolute Gasteiger partial charge is 0.255 e. The fraction of sp³-hybridized carbons (Fsp3) is 0.238. The van der Waals surface area contributed by atoms with Crippen molar-refractivity contribution in [2.45, 2.75) is 17.9 Å². The summed E-state index contributed by atoms with van der Waals surface area (Å²) in [5.74, 6) is 1.73. The van der Waals surface area contributed by atoms with E-state index in [0.717, 1.165) is 5.56 Å². The minimum atomic E-state index is -3.73. The number of methoxy groups -OCH3 is 2. The number of hydrogen-bond acceptors (Lipinski definition) is 6. The second-order valence-corrected chi connectivity index (χ2v) is 8.77. The van der Waals surface area contributed by atoms with E-state index in [2.05, 4.69) is 9.97 Å². The average molecular weight is 427 g/mol. The molecule has 0 saturated heterocycles. The Labute approximate surface area is 174 Å². The van der Waals surface area contributed by atoms with Crippen LogP contribution in [0, 0.1) is 0 Å². The largest absolute Gasteiger partial charge is 0.497 e. The van der Waals surface area contributed by atoms with Gasteiger partial charge in [0, 0.05) is 25.1 Å². The Morgan fingerprint density at radius 1 is 0.967 bits per heavy atom. The van der Waals surface area contributed by atoms with Crippen molar-refractivity contribution >= 4 is 10.0 Å². The third kappa shape index (κ3) is 3.69. The summed E-state index contributed by atoms with van der Waals surface area (Å²) in [5.41, 5.74) is 1.41. The van der Waals surface area contributed by atoms with Gasteiger partial charge in [-0.25, -0.2) is 13.4 Å². The third-order valence-electron chi connectivity index (χ3n) is 5.09. The Morgan fingerprint density at radius 2 is 1.57 bits per heavy atom. The number of sulfonamides is 1. The normalized spacial score (nSPS) is 14.2. The van der Waals surface area contributed by atoms with E-state index < -0.39 is 10.0 Å². The molecular formula is C21H21N3O5S. The van der Waals surface area contributed by atoms with Crippen LogP contribution in [-0.2, 0) is 23.0 Å². The molecule has 0 amide bonds. The van der Waals surface area contributed by atoms with Gasteiger partial charge in [0.1, 0.15) is 17.3 Å². The molecule has 0 unspecified atom stereocenters. The van der Waals surface area contributed by atoms with Gasteiger partial charge in [-0.1, -0.05) is 0 Å². The fourth-order valence-corrected chi connectivity index (χ4v) is 4.80. The van der Waals surface area contributed by atoms with Crippen molar-refractivity contribution in [2.24, 2.45) is 0 Å². The summed E-state index contributed by atoms with van der Waals surface area (Å²) in [5, 5.41) is 0. The summed E-state index contributed by atoms with van der Waals surface area (Å²) in [6.45, 7) is 0.231. The number of nitrogens with one attached hydrogen (secondary N) is 1. The summed E-state index contributed by atoms with van der Waals surface area (Å²) in [6, 6.07) is 13.4. The molecule has 1 aliphatic heterocycles. The van der Waals surface area contributed by atoms with E-state index in [4.69, 9.17) is 9.47 Å². The molecular weight excluding hydrogens is 406 g/mol. The van der Waals surface area contributed by atoms with E-state index in [1.807, 2.05) is 12.1 Å². The number of ether oxygens (including phenoxy) is 2. The monoisotopic (exact) mass is 427 g/mol. The molecule has 9 heteroatoms. The van der Waals surface area contributed by atoms with Gasteiger partial charge in [0.05, 0.1) is 30.4 Å². The zero-order valence-corrected chi connectivity index (χ0v) is 17.4. The molecule has 30 heavy (non-hydrogen) atoms. The van der Waals surface area contributed by atoms with E-state index in [1.54, 1.807) is 31.4 Å². The molecule has 0 spiro atoms.